The maximum absolute atomic E-state index is 12.4. The number of unbranched alkanes of at least 4 members (excludes halogenated alkanes) is 7. The van der Waals surface area contributed by atoms with E-state index in [4.69, 9.17) is 4.74 Å². The lowest BCUT2D eigenvalue weighted by molar-refractivity contribution is -0.140. The van der Waals surface area contributed by atoms with Gasteiger partial charge in [-0.1, -0.05) is 52.4 Å². The molecule has 0 bridgehead atoms. The molecule has 0 saturated carbocycles. The molecule has 1 atom stereocenters. The van der Waals surface area contributed by atoms with Gasteiger partial charge in [-0.05, 0) is 39.5 Å². The standard InChI is InChI=1S/C22H42N2O5/c1-17(2)19(24-21(27)29-22(3,4)5)20(26)23-16-14-12-10-8-7-9-11-13-15-18(25)28-6/h17,19H,7-16H2,1-6H3,(H,23,26)(H,24,27)/t19-/m0/s1. The smallest absolute Gasteiger partial charge is 0.408 e. The van der Waals surface area contributed by atoms with Gasteiger partial charge >= 0.3 is 12.1 Å². The molecule has 0 aromatic rings. The molecule has 2 amide bonds. The van der Waals surface area contributed by atoms with Gasteiger partial charge in [-0.15, -0.1) is 0 Å². The first-order chi connectivity index (χ1) is 13.6. The van der Waals surface area contributed by atoms with Crippen LogP contribution in [0.1, 0.15) is 92.4 Å². The van der Waals surface area contributed by atoms with Gasteiger partial charge in [0.15, 0.2) is 0 Å². The third-order valence-electron chi connectivity index (χ3n) is 4.46. The first-order valence-electron chi connectivity index (χ1n) is 10.9. The van der Waals surface area contributed by atoms with Crippen LogP contribution in [0.4, 0.5) is 4.79 Å². The van der Waals surface area contributed by atoms with Crippen LogP contribution in [0.2, 0.25) is 0 Å². The lowest BCUT2D eigenvalue weighted by atomic mass is 10.0. The molecule has 0 aliphatic rings. The number of rotatable bonds is 14. The van der Waals surface area contributed by atoms with E-state index in [-0.39, 0.29) is 17.8 Å². The summed E-state index contributed by atoms with van der Waals surface area (Å²) in [6.07, 6.45) is 8.49. The van der Waals surface area contributed by atoms with Crippen LogP contribution < -0.4 is 10.6 Å². The van der Waals surface area contributed by atoms with Gasteiger partial charge in [-0.25, -0.2) is 4.79 Å². The lowest BCUT2D eigenvalue weighted by Gasteiger charge is -2.25. The third kappa shape index (κ3) is 15.8. The van der Waals surface area contributed by atoms with Crippen LogP contribution in [-0.2, 0) is 19.1 Å². The van der Waals surface area contributed by atoms with Gasteiger partial charge < -0.3 is 20.1 Å². The molecule has 0 aromatic heterocycles. The number of alkyl carbamates (subject to hydrolysis) is 1. The summed E-state index contributed by atoms with van der Waals surface area (Å²) in [6, 6.07) is -0.602. The minimum atomic E-state index is -0.602. The van der Waals surface area contributed by atoms with Crippen LogP contribution in [0, 0.1) is 5.92 Å². The fourth-order valence-electron chi connectivity index (χ4n) is 2.85. The van der Waals surface area contributed by atoms with Crippen molar-refractivity contribution in [3.05, 3.63) is 0 Å². The highest BCUT2D eigenvalue weighted by molar-refractivity contribution is 5.85. The summed E-state index contributed by atoms with van der Waals surface area (Å²) in [7, 11) is 1.42. The Morgan fingerprint density at radius 2 is 1.38 bits per heavy atom. The van der Waals surface area contributed by atoms with Crippen molar-refractivity contribution in [2.75, 3.05) is 13.7 Å². The quantitative estimate of drug-likeness (QED) is 0.326. The number of methoxy groups -OCH3 is 1. The van der Waals surface area contributed by atoms with E-state index in [2.05, 4.69) is 15.4 Å². The zero-order valence-electron chi connectivity index (χ0n) is 19.3. The van der Waals surface area contributed by atoms with Crippen molar-refractivity contribution in [2.45, 2.75) is 104 Å². The van der Waals surface area contributed by atoms with Gasteiger partial charge in [0, 0.05) is 13.0 Å². The van der Waals surface area contributed by atoms with Crippen LogP contribution >= 0.6 is 0 Å². The molecule has 2 N–H and O–H groups in total. The van der Waals surface area contributed by atoms with Crippen molar-refractivity contribution in [3.8, 4) is 0 Å². The molecule has 170 valence electrons. The number of carbonyl (C=O) groups excluding carboxylic acids is 3. The number of amides is 2. The topological polar surface area (TPSA) is 93.7 Å². The molecule has 0 aliphatic carbocycles. The molecule has 0 saturated heterocycles. The monoisotopic (exact) mass is 414 g/mol. The van der Waals surface area contributed by atoms with Crippen molar-refractivity contribution < 1.29 is 23.9 Å². The molecule has 29 heavy (non-hydrogen) atoms. The Balaban J connectivity index is 3.84. The maximum Gasteiger partial charge on any atom is 0.408 e. The largest absolute Gasteiger partial charge is 0.469 e. The highest BCUT2D eigenvalue weighted by Gasteiger charge is 2.26. The van der Waals surface area contributed by atoms with Gasteiger partial charge in [0.05, 0.1) is 7.11 Å². The Labute approximate surface area is 176 Å². The number of ether oxygens (including phenoxy) is 2. The van der Waals surface area contributed by atoms with Crippen LogP contribution in [0.15, 0.2) is 0 Å². The zero-order chi connectivity index (χ0) is 22.3. The molecule has 0 rings (SSSR count). The average molecular weight is 415 g/mol. The summed E-state index contributed by atoms with van der Waals surface area (Å²) >= 11 is 0. The molecule has 0 aromatic carbocycles. The second-order valence-electron chi connectivity index (χ2n) is 8.81. The summed E-state index contributed by atoms with van der Waals surface area (Å²) in [5.74, 6) is -0.328. The first-order valence-corrected chi connectivity index (χ1v) is 10.9. The molecule has 0 radical (unpaired) electrons. The van der Waals surface area contributed by atoms with Crippen molar-refractivity contribution in [2.24, 2.45) is 5.92 Å². The number of hydrogen-bond donors (Lipinski definition) is 2. The Hall–Kier alpha value is -1.79. The van der Waals surface area contributed by atoms with E-state index in [1.807, 2.05) is 13.8 Å². The zero-order valence-corrected chi connectivity index (χ0v) is 19.3. The Kier molecular flexibility index (Phi) is 14.2. The van der Waals surface area contributed by atoms with E-state index in [0.717, 1.165) is 38.5 Å². The number of esters is 1. The maximum atomic E-state index is 12.4. The predicted molar refractivity (Wildman–Crippen MR) is 115 cm³/mol. The van der Waals surface area contributed by atoms with Gasteiger partial charge in [0.1, 0.15) is 11.6 Å². The molecular formula is C22H42N2O5. The summed E-state index contributed by atoms with van der Waals surface area (Å²) in [4.78, 5) is 35.3. The van der Waals surface area contributed by atoms with E-state index in [1.54, 1.807) is 20.8 Å². The minimum Gasteiger partial charge on any atom is -0.469 e. The van der Waals surface area contributed by atoms with Gasteiger partial charge in [0.25, 0.3) is 0 Å². The second-order valence-corrected chi connectivity index (χ2v) is 8.81. The molecule has 0 unspecified atom stereocenters. The minimum absolute atomic E-state index is 0.0262. The summed E-state index contributed by atoms with van der Waals surface area (Å²) < 4.78 is 9.86. The van der Waals surface area contributed by atoms with E-state index in [9.17, 15) is 14.4 Å². The second kappa shape index (κ2) is 15.1. The number of nitrogens with one attached hydrogen (secondary N) is 2. The summed E-state index contributed by atoms with van der Waals surface area (Å²) in [6.45, 7) is 9.77. The SMILES string of the molecule is COC(=O)CCCCCCCCCCNC(=O)[C@@H](NC(=O)OC(C)(C)C)C(C)C. The highest BCUT2D eigenvalue weighted by Crippen LogP contribution is 2.11. The van der Waals surface area contributed by atoms with Crippen LogP contribution in [0.25, 0.3) is 0 Å². The van der Waals surface area contributed by atoms with Crippen molar-refractivity contribution in [1.29, 1.82) is 0 Å². The average Bonchev–Trinajstić information content (AvgIpc) is 2.61. The number of carbonyl (C=O) groups is 3. The highest BCUT2D eigenvalue weighted by atomic mass is 16.6. The number of hydrogen-bond acceptors (Lipinski definition) is 5. The summed E-state index contributed by atoms with van der Waals surface area (Å²) in [5, 5.41) is 5.58. The molecule has 7 nitrogen and oxygen atoms in total. The molecular weight excluding hydrogens is 372 g/mol. The van der Waals surface area contributed by atoms with E-state index in [1.165, 1.54) is 20.0 Å². The fraction of sp³-hybridized carbons (Fsp3) is 0.864. The van der Waals surface area contributed by atoms with Crippen molar-refractivity contribution in [1.82, 2.24) is 10.6 Å². The van der Waals surface area contributed by atoms with Crippen LogP contribution in [0.3, 0.4) is 0 Å². The van der Waals surface area contributed by atoms with Crippen LogP contribution in [0.5, 0.6) is 0 Å². The Morgan fingerprint density at radius 1 is 0.862 bits per heavy atom. The molecule has 0 spiro atoms. The molecule has 0 fully saturated rings. The lowest BCUT2D eigenvalue weighted by Crippen LogP contribution is -2.51. The predicted octanol–water partition coefficient (Wildman–Crippen LogP) is 4.34. The Bertz CT molecular complexity index is 486. The van der Waals surface area contributed by atoms with Crippen LogP contribution in [-0.4, -0.2) is 43.3 Å². The van der Waals surface area contributed by atoms with Crippen molar-refractivity contribution >= 4 is 18.0 Å². The Morgan fingerprint density at radius 3 is 1.86 bits per heavy atom. The molecule has 0 heterocycles. The molecule has 0 aliphatic heterocycles. The van der Waals surface area contributed by atoms with Gasteiger partial charge in [0.2, 0.25) is 5.91 Å². The van der Waals surface area contributed by atoms with E-state index < -0.39 is 17.7 Å². The van der Waals surface area contributed by atoms with Crippen molar-refractivity contribution in [3.63, 3.8) is 0 Å². The normalized spacial score (nSPS) is 12.4. The van der Waals surface area contributed by atoms with Gasteiger partial charge in [-0.3, -0.25) is 9.59 Å². The van der Waals surface area contributed by atoms with E-state index in [0.29, 0.717) is 13.0 Å². The molecule has 7 heteroatoms. The fourth-order valence-corrected chi connectivity index (χ4v) is 2.85. The van der Waals surface area contributed by atoms with Gasteiger partial charge in [-0.2, -0.15) is 0 Å². The summed E-state index contributed by atoms with van der Waals surface area (Å²) in [5.41, 5.74) is -0.594. The third-order valence-corrected chi connectivity index (χ3v) is 4.46. The van der Waals surface area contributed by atoms with E-state index >= 15 is 0 Å². The first kappa shape index (κ1) is 27.2.